The van der Waals surface area contributed by atoms with Crippen LogP contribution in [0, 0.1) is 0 Å². The second kappa shape index (κ2) is 10.3. The zero-order valence-electron chi connectivity index (χ0n) is 17.7. The van der Waals surface area contributed by atoms with Crippen molar-refractivity contribution >= 4 is 17.9 Å². The average molecular weight is 418 g/mol. The van der Waals surface area contributed by atoms with E-state index >= 15 is 0 Å². The van der Waals surface area contributed by atoms with Gasteiger partial charge in [-0.25, -0.2) is 0 Å². The molecule has 2 aromatic carbocycles. The number of carbonyl (C=O) groups excluding carboxylic acids is 1. The minimum absolute atomic E-state index is 0.0622. The number of phenols is 2. The van der Waals surface area contributed by atoms with Crippen molar-refractivity contribution in [2.24, 2.45) is 0 Å². The molecule has 0 bridgehead atoms. The van der Waals surface area contributed by atoms with E-state index in [1.165, 1.54) is 14.2 Å². The lowest BCUT2D eigenvalue weighted by Gasteiger charge is -2.15. The van der Waals surface area contributed by atoms with Crippen LogP contribution in [0.2, 0.25) is 0 Å². The summed E-state index contributed by atoms with van der Waals surface area (Å²) >= 11 is 0. The van der Waals surface area contributed by atoms with Gasteiger partial charge in [-0.1, -0.05) is 48.6 Å². The van der Waals surface area contributed by atoms with Crippen LogP contribution in [-0.4, -0.2) is 30.2 Å². The molecule has 160 valence electrons. The molecule has 0 aliphatic heterocycles. The summed E-state index contributed by atoms with van der Waals surface area (Å²) in [6.07, 6.45) is 13.6. The molecule has 0 unspecified atom stereocenters. The molecule has 0 aromatic heterocycles. The van der Waals surface area contributed by atoms with E-state index in [9.17, 15) is 15.0 Å². The van der Waals surface area contributed by atoms with Crippen LogP contribution in [-0.2, 0) is 4.79 Å². The van der Waals surface area contributed by atoms with Crippen LogP contribution in [0.15, 0.2) is 71.8 Å². The largest absolute Gasteiger partial charge is 0.504 e. The Labute approximate surface area is 182 Å². The molecule has 2 N–H and O–H groups in total. The maximum absolute atomic E-state index is 12.8. The molecule has 0 atom stereocenters. The lowest BCUT2D eigenvalue weighted by molar-refractivity contribution is -0.113. The third-order valence-electron chi connectivity index (χ3n) is 5.06. The third kappa shape index (κ3) is 5.66. The molecule has 5 heteroatoms. The first-order chi connectivity index (χ1) is 15.0. The van der Waals surface area contributed by atoms with Crippen molar-refractivity contribution in [3.8, 4) is 23.0 Å². The maximum Gasteiger partial charge on any atom is 0.184 e. The fourth-order valence-electron chi connectivity index (χ4n) is 3.37. The van der Waals surface area contributed by atoms with Crippen molar-refractivity contribution < 1.29 is 24.5 Å². The van der Waals surface area contributed by atoms with Crippen molar-refractivity contribution in [1.29, 1.82) is 0 Å². The Morgan fingerprint density at radius 1 is 0.774 bits per heavy atom. The van der Waals surface area contributed by atoms with Gasteiger partial charge in [-0.15, -0.1) is 0 Å². The van der Waals surface area contributed by atoms with Crippen molar-refractivity contribution in [3.63, 3.8) is 0 Å². The number of allylic oxidation sites excluding steroid dienone is 6. The van der Waals surface area contributed by atoms with Crippen LogP contribution in [0.5, 0.6) is 23.0 Å². The Morgan fingerprint density at radius 3 is 1.65 bits per heavy atom. The molecule has 0 heterocycles. The van der Waals surface area contributed by atoms with E-state index < -0.39 is 0 Å². The number of ketones is 1. The predicted molar refractivity (Wildman–Crippen MR) is 122 cm³/mol. The molecule has 31 heavy (non-hydrogen) atoms. The molecule has 0 radical (unpaired) electrons. The normalized spacial score (nSPS) is 17.2. The first-order valence-corrected chi connectivity index (χ1v) is 10.0. The number of hydrogen-bond acceptors (Lipinski definition) is 5. The number of hydrogen-bond donors (Lipinski definition) is 2. The third-order valence-corrected chi connectivity index (χ3v) is 5.06. The minimum atomic E-state index is 0.0622. The van der Waals surface area contributed by atoms with Gasteiger partial charge in [-0.05, 0) is 65.8 Å². The highest BCUT2D eigenvalue weighted by Crippen LogP contribution is 2.29. The van der Waals surface area contributed by atoms with E-state index in [2.05, 4.69) is 0 Å². The van der Waals surface area contributed by atoms with Crippen LogP contribution in [0.3, 0.4) is 0 Å². The molecular formula is C26H26O5. The van der Waals surface area contributed by atoms with E-state index in [1.807, 2.05) is 36.5 Å². The molecule has 0 saturated heterocycles. The van der Waals surface area contributed by atoms with Gasteiger partial charge in [0, 0.05) is 0 Å². The lowest BCUT2D eigenvalue weighted by Crippen LogP contribution is -2.12. The van der Waals surface area contributed by atoms with Crippen LogP contribution in [0.25, 0.3) is 12.2 Å². The van der Waals surface area contributed by atoms with Crippen LogP contribution >= 0.6 is 0 Å². The standard InChI is InChI=1S/C26H26O5/c1-30-24-16-18(12-14-22(24)27)6-3-8-20-10-5-11-21(26(20)29)9-4-7-19-13-15-23(28)25(17-19)31-2/h3-4,6-9,12-17,27-28H,5,10-11H2,1-2H3/b6-3-,7-4+,20-8-,21-9-. The van der Waals surface area contributed by atoms with Gasteiger partial charge in [0.15, 0.2) is 28.8 Å². The first-order valence-electron chi connectivity index (χ1n) is 10.0. The maximum atomic E-state index is 12.8. The Kier molecular flexibility index (Phi) is 7.33. The summed E-state index contributed by atoms with van der Waals surface area (Å²) in [6.45, 7) is 0. The van der Waals surface area contributed by atoms with Gasteiger partial charge in [-0.3, -0.25) is 4.79 Å². The summed E-state index contributed by atoms with van der Waals surface area (Å²) in [4.78, 5) is 12.8. The van der Waals surface area contributed by atoms with Crippen LogP contribution in [0.4, 0.5) is 0 Å². The number of carbonyl (C=O) groups is 1. The molecule has 0 spiro atoms. The molecule has 0 amide bonds. The van der Waals surface area contributed by atoms with Crippen molar-refractivity contribution in [3.05, 3.63) is 83.0 Å². The fraction of sp³-hybridized carbons (Fsp3) is 0.192. The van der Waals surface area contributed by atoms with Crippen molar-refractivity contribution in [1.82, 2.24) is 0 Å². The van der Waals surface area contributed by atoms with E-state index in [4.69, 9.17) is 9.47 Å². The van der Waals surface area contributed by atoms with E-state index in [0.29, 0.717) is 11.5 Å². The van der Waals surface area contributed by atoms with Gasteiger partial charge < -0.3 is 19.7 Å². The van der Waals surface area contributed by atoms with Gasteiger partial charge >= 0.3 is 0 Å². The number of Topliss-reactive ketones (excluding diaryl/α,β-unsaturated/α-hetero) is 1. The monoisotopic (exact) mass is 418 g/mol. The first kappa shape index (κ1) is 22.0. The second-order valence-electron chi connectivity index (χ2n) is 7.15. The zero-order valence-corrected chi connectivity index (χ0v) is 17.7. The van der Waals surface area contributed by atoms with Crippen LogP contribution < -0.4 is 9.47 Å². The quantitative estimate of drug-likeness (QED) is 0.610. The van der Waals surface area contributed by atoms with Crippen LogP contribution in [0.1, 0.15) is 30.4 Å². The predicted octanol–water partition coefficient (Wildman–Crippen LogP) is 5.45. The van der Waals surface area contributed by atoms with Gasteiger partial charge in [0.25, 0.3) is 0 Å². The summed E-state index contributed by atoms with van der Waals surface area (Å²) in [6, 6.07) is 10.2. The molecule has 5 nitrogen and oxygen atoms in total. The highest BCUT2D eigenvalue weighted by Gasteiger charge is 2.19. The number of methoxy groups -OCH3 is 2. The molecular weight excluding hydrogens is 392 g/mol. The van der Waals surface area contributed by atoms with E-state index in [-0.39, 0.29) is 17.3 Å². The summed E-state index contributed by atoms with van der Waals surface area (Å²) in [7, 11) is 3.01. The second-order valence-corrected chi connectivity index (χ2v) is 7.15. The summed E-state index contributed by atoms with van der Waals surface area (Å²) in [5.41, 5.74) is 3.30. The van der Waals surface area contributed by atoms with E-state index in [1.54, 1.807) is 36.4 Å². The Balaban J connectivity index is 1.70. The number of phenolic OH excluding ortho intramolecular Hbond substituents is 2. The highest BCUT2D eigenvalue weighted by molar-refractivity contribution is 6.09. The zero-order chi connectivity index (χ0) is 22.2. The van der Waals surface area contributed by atoms with E-state index in [0.717, 1.165) is 41.5 Å². The number of rotatable bonds is 6. The molecule has 3 rings (SSSR count). The SMILES string of the molecule is COc1cc(/C=C\C=C2\CCC/C(=C/C=C/c3ccc(O)c(OC)c3)C2=O)ccc1O. The molecule has 1 saturated carbocycles. The Bertz CT molecular complexity index is 990. The molecule has 1 fully saturated rings. The Morgan fingerprint density at radius 2 is 1.23 bits per heavy atom. The minimum Gasteiger partial charge on any atom is -0.504 e. The topological polar surface area (TPSA) is 76.0 Å². The van der Waals surface area contributed by atoms with Gasteiger partial charge in [0.2, 0.25) is 0 Å². The fourth-order valence-corrected chi connectivity index (χ4v) is 3.37. The molecule has 1 aliphatic rings. The highest BCUT2D eigenvalue weighted by atomic mass is 16.5. The van der Waals surface area contributed by atoms with Crippen molar-refractivity contribution in [2.75, 3.05) is 14.2 Å². The average Bonchev–Trinajstić information content (AvgIpc) is 2.78. The van der Waals surface area contributed by atoms with Gasteiger partial charge in [0.05, 0.1) is 14.2 Å². The Hall–Kier alpha value is -3.73. The van der Waals surface area contributed by atoms with Gasteiger partial charge in [0.1, 0.15) is 0 Å². The van der Waals surface area contributed by atoms with Crippen molar-refractivity contribution in [2.45, 2.75) is 19.3 Å². The smallest absolute Gasteiger partial charge is 0.184 e. The number of benzene rings is 2. The lowest BCUT2D eigenvalue weighted by atomic mass is 9.88. The molecule has 1 aliphatic carbocycles. The molecule has 2 aromatic rings. The summed E-state index contributed by atoms with van der Waals surface area (Å²) in [5.74, 6) is 1.06. The van der Waals surface area contributed by atoms with Gasteiger partial charge in [-0.2, -0.15) is 0 Å². The number of aromatic hydroxyl groups is 2. The summed E-state index contributed by atoms with van der Waals surface area (Å²) < 4.78 is 10.2. The summed E-state index contributed by atoms with van der Waals surface area (Å²) in [5, 5.41) is 19.4. The number of ether oxygens (including phenoxy) is 2.